The normalized spacial score (nSPS) is 13.6. The van der Waals surface area contributed by atoms with Crippen LogP contribution in [0.3, 0.4) is 0 Å². The summed E-state index contributed by atoms with van der Waals surface area (Å²) >= 11 is 0. The lowest BCUT2D eigenvalue weighted by Crippen LogP contribution is -2.31. The first-order chi connectivity index (χ1) is 7.69. The topological polar surface area (TPSA) is 43.4 Å². The van der Waals surface area contributed by atoms with Crippen LogP contribution in [0.15, 0.2) is 0 Å². The molecule has 1 unspecified atom stereocenters. The van der Waals surface area contributed by atoms with Crippen LogP contribution in [0, 0.1) is 11.8 Å². The summed E-state index contributed by atoms with van der Waals surface area (Å²) in [6, 6.07) is 0. The molecule has 0 saturated heterocycles. The zero-order valence-electron chi connectivity index (χ0n) is 10.1. The smallest absolute Gasteiger partial charge is 0.389 e. The predicted octanol–water partition coefficient (Wildman–Crippen LogP) is 2.73. The van der Waals surface area contributed by atoms with Crippen molar-refractivity contribution in [1.29, 1.82) is 0 Å². The van der Waals surface area contributed by atoms with Gasteiger partial charge in [0.1, 0.15) is 11.7 Å². The number of halogens is 3. The average Bonchev–Trinajstić information content (AvgIpc) is 2.13. The van der Waals surface area contributed by atoms with Gasteiger partial charge in [0.25, 0.3) is 0 Å². The summed E-state index contributed by atoms with van der Waals surface area (Å²) in [6.07, 6.45) is -6.26. The first-order valence-electron chi connectivity index (χ1n) is 5.45. The number of alkyl halides is 3. The molecule has 0 aliphatic heterocycles. The molecule has 0 rings (SSSR count). The largest absolute Gasteiger partial charge is 0.465 e. The quantitative estimate of drug-likeness (QED) is 0.540. The van der Waals surface area contributed by atoms with Gasteiger partial charge in [0.15, 0.2) is 0 Å². The monoisotopic (exact) mass is 254 g/mol. The Kier molecular flexibility index (Phi) is 6.20. The molecule has 0 aromatic heterocycles. The highest BCUT2D eigenvalue weighted by Crippen LogP contribution is 2.24. The number of hydrogen-bond acceptors (Lipinski definition) is 3. The Morgan fingerprint density at radius 2 is 1.76 bits per heavy atom. The minimum absolute atomic E-state index is 0.106. The van der Waals surface area contributed by atoms with Crippen molar-refractivity contribution in [3.63, 3.8) is 0 Å². The highest BCUT2D eigenvalue weighted by molar-refractivity contribution is 5.99. The summed E-state index contributed by atoms with van der Waals surface area (Å²) in [4.78, 5) is 23.0. The van der Waals surface area contributed by atoms with Crippen LogP contribution >= 0.6 is 0 Å². The van der Waals surface area contributed by atoms with Crippen molar-refractivity contribution < 1.29 is 27.5 Å². The molecule has 0 aromatic carbocycles. The number of rotatable bonds is 6. The Morgan fingerprint density at radius 3 is 2.12 bits per heavy atom. The third-order valence-corrected chi connectivity index (χ3v) is 2.21. The molecule has 0 heterocycles. The fraction of sp³-hybridized carbons (Fsp3) is 0.818. The summed E-state index contributed by atoms with van der Waals surface area (Å²) in [7, 11) is 0. The van der Waals surface area contributed by atoms with Gasteiger partial charge in [-0.05, 0) is 12.8 Å². The Morgan fingerprint density at radius 1 is 1.24 bits per heavy atom. The highest BCUT2D eigenvalue weighted by atomic mass is 19.4. The van der Waals surface area contributed by atoms with E-state index in [0.29, 0.717) is 0 Å². The van der Waals surface area contributed by atoms with Crippen LogP contribution in [0.2, 0.25) is 0 Å². The number of Topliss-reactive ketones (excluding diaryl/α,β-unsaturated/α-hetero) is 1. The molecule has 0 saturated carbocycles. The molecule has 100 valence electrons. The Labute approximate surface area is 98.3 Å². The van der Waals surface area contributed by atoms with E-state index in [-0.39, 0.29) is 12.5 Å². The van der Waals surface area contributed by atoms with Crippen LogP contribution < -0.4 is 0 Å². The predicted molar refractivity (Wildman–Crippen MR) is 55.3 cm³/mol. The lowest BCUT2D eigenvalue weighted by molar-refractivity contribution is -0.157. The Bertz CT molecular complexity index is 272. The lowest BCUT2D eigenvalue weighted by atomic mass is 9.89. The van der Waals surface area contributed by atoms with Crippen LogP contribution in [0.4, 0.5) is 13.2 Å². The lowest BCUT2D eigenvalue weighted by Gasteiger charge is -2.18. The van der Waals surface area contributed by atoms with Gasteiger partial charge in [-0.25, -0.2) is 0 Å². The van der Waals surface area contributed by atoms with Crippen LogP contribution in [0.5, 0.6) is 0 Å². The summed E-state index contributed by atoms with van der Waals surface area (Å²) in [5, 5.41) is 0. The molecular weight excluding hydrogens is 237 g/mol. The van der Waals surface area contributed by atoms with Crippen molar-refractivity contribution in [2.75, 3.05) is 6.61 Å². The van der Waals surface area contributed by atoms with Gasteiger partial charge in [0, 0.05) is 6.42 Å². The maximum absolute atomic E-state index is 12.0. The van der Waals surface area contributed by atoms with Gasteiger partial charge >= 0.3 is 12.1 Å². The average molecular weight is 254 g/mol. The number of carbonyl (C=O) groups excluding carboxylic acids is 2. The second-order valence-electron chi connectivity index (χ2n) is 4.06. The summed E-state index contributed by atoms with van der Waals surface area (Å²) in [5.41, 5.74) is 0. The van der Waals surface area contributed by atoms with Gasteiger partial charge in [-0.1, -0.05) is 13.8 Å². The molecular formula is C11H17F3O3. The van der Waals surface area contributed by atoms with E-state index in [1.165, 1.54) is 0 Å². The number of ketones is 1. The first kappa shape index (κ1) is 15.9. The van der Waals surface area contributed by atoms with Gasteiger partial charge in [-0.15, -0.1) is 0 Å². The van der Waals surface area contributed by atoms with Crippen molar-refractivity contribution in [2.45, 2.75) is 39.8 Å². The van der Waals surface area contributed by atoms with E-state index in [1.54, 1.807) is 20.8 Å². The summed E-state index contributed by atoms with van der Waals surface area (Å²) < 4.78 is 40.6. The molecule has 1 atom stereocenters. The molecule has 3 nitrogen and oxygen atoms in total. The molecule has 17 heavy (non-hydrogen) atoms. The van der Waals surface area contributed by atoms with E-state index in [1.807, 2.05) is 0 Å². The van der Waals surface area contributed by atoms with Crippen LogP contribution in [-0.2, 0) is 14.3 Å². The van der Waals surface area contributed by atoms with E-state index in [4.69, 9.17) is 0 Å². The van der Waals surface area contributed by atoms with E-state index < -0.39 is 36.7 Å². The number of esters is 1. The number of carbonyl (C=O) groups is 2. The summed E-state index contributed by atoms with van der Waals surface area (Å²) in [6.45, 7) is 4.89. The van der Waals surface area contributed by atoms with Crippen molar-refractivity contribution in [1.82, 2.24) is 0 Å². The SMILES string of the molecule is CCOC(=O)C(C(=O)CCC(F)(F)F)C(C)C. The highest BCUT2D eigenvalue weighted by Gasteiger charge is 2.34. The van der Waals surface area contributed by atoms with Crippen LogP contribution in [0.1, 0.15) is 33.6 Å². The molecule has 6 heteroatoms. The van der Waals surface area contributed by atoms with Crippen LogP contribution in [-0.4, -0.2) is 24.5 Å². The minimum Gasteiger partial charge on any atom is -0.465 e. The molecule has 0 aliphatic carbocycles. The van der Waals surface area contributed by atoms with Crippen molar-refractivity contribution >= 4 is 11.8 Å². The van der Waals surface area contributed by atoms with Gasteiger partial charge in [0.2, 0.25) is 0 Å². The maximum Gasteiger partial charge on any atom is 0.389 e. The minimum atomic E-state index is -4.38. The summed E-state index contributed by atoms with van der Waals surface area (Å²) in [5.74, 6) is -2.92. The van der Waals surface area contributed by atoms with E-state index in [0.717, 1.165) is 0 Å². The molecule has 0 fully saturated rings. The van der Waals surface area contributed by atoms with E-state index >= 15 is 0 Å². The van der Waals surface area contributed by atoms with Crippen LogP contribution in [0.25, 0.3) is 0 Å². The zero-order chi connectivity index (χ0) is 13.6. The third kappa shape index (κ3) is 6.28. The molecule has 0 aromatic rings. The fourth-order valence-corrected chi connectivity index (χ4v) is 1.43. The number of hydrogen-bond donors (Lipinski definition) is 0. The van der Waals surface area contributed by atoms with Crippen molar-refractivity contribution in [3.05, 3.63) is 0 Å². The molecule has 0 N–H and O–H groups in total. The van der Waals surface area contributed by atoms with E-state index in [2.05, 4.69) is 4.74 Å². The molecule has 0 amide bonds. The molecule has 0 radical (unpaired) electrons. The third-order valence-electron chi connectivity index (χ3n) is 2.21. The second-order valence-corrected chi connectivity index (χ2v) is 4.06. The molecule has 0 bridgehead atoms. The number of ether oxygens (including phenoxy) is 1. The Hall–Kier alpha value is -1.07. The van der Waals surface area contributed by atoms with Gasteiger partial charge < -0.3 is 4.74 Å². The van der Waals surface area contributed by atoms with E-state index in [9.17, 15) is 22.8 Å². The fourth-order valence-electron chi connectivity index (χ4n) is 1.43. The second kappa shape index (κ2) is 6.61. The molecule has 0 spiro atoms. The molecule has 0 aliphatic rings. The Balaban J connectivity index is 4.51. The van der Waals surface area contributed by atoms with Crippen molar-refractivity contribution in [2.24, 2.45) is 11.8 Å². The van der Waals surface area contributed by atoms with Gasteiger partial charge in [-0.2, -0.15) is 13.2 Å². The maximum atomic E-state index is 12.0. The van der Waals surface area contributed by atoms with Gasteiger partial charge in [-0.3, -0.25) is 9.59 Å². The standard InChI is InChI=1S/C11H17F3O3/c1-4-17-10(16)9(7(2)3)8(15)5-6-11(12,13)14/h7,9H,4-6H2,1-3H3. The van der Waals surface area contributed by atoms with Crippen molar-refractivity contribution in [3.8, 4) is 0 Å². The zero-order valence-corrected chi connectivity index (χ0v) is 10.1. The first-order valence-corrected chi connectivity index (χ1v) is 5.45. The van der Waals surface area contributed by atoms with Gasteiger partial charge in [0.05, 0.1) is 13.0 Å².